The topological polar surface area (TPSA) is 72.3 Å². The van der Waals surface area contributed by atoms with Crippen LogP contribution in [0.4, 0.5) is 4.79 Å². The van der Waals surface area contributed by atoms with E-state index in [1.54, 1.807) is 11.2 Å². The number of aryl methyl sites for hydroxylation is 2. The molecule has 2 amide bonds. The number of ether oxygens (including phenoxy) is 1. The van der Waals surface area contributed by atoms with E-state index in [1.807, 2.05) is 17.7 Å². The maximum atomic E-state index is 12.4. The van der Waals surface area contributed by atoms with Crippen LogP contribution in [0.3, 0.4) is 0 Å². The van der Waals surface area contributed by atoms with Gasteiger partial charge in [-0.1, -0.05) is 29.8 Å². The van der Waals surface area contributed by atoms with Crippen LogP contribution in [0.25, 0.3) is 0 Å². The molecule has 1 fully saturated rings. The summed E-state index contributed by atoms with van der Waals surface area (Å²) in [5.41, 5.74) is 2.47. The van der Waals surface area contributed by atoms with Crippen molar-refractivity contribution in [3.05, 3.63) is 47.5 Å². The van der Waals surface area contributed by atoms with Crippen molar-refractivity contribution in [1.29, 1.82) is 0 Å². The van der Waals surface area contributed by atoms with Crippen LogP contribution in [0.5, 0.6) is 0 Å². The van der Waals surface area contributed by atoms with E-state index in [0.717, 1.165) is 12.2 Å². The van der Waals surface area contributed by atoms with Crippen molar-refractivity contribution in [2.75, 3.05) is 26.2 Å². The van der Waals surface area contributed by atoms with Crippen molar-refractivity contribution >= 4 is 6.03 Å². The standard InChI is InChI=1S/C17H23N5O2/c1-13-4-3-5-14(10-13)6-7-18-17(23)22-8-9-24-15(11-22)16-20-19-12-21(16)2/h3-5,10,12,15H,6-9,11H2,1-2H3,(H,18,23). The number of carbonyl (C=O) groups is 1. The van der Waals surface area contributed by atoms with Crippen LogP contribution in [0.2, 0.25) is 0 Å². The summed E-state index contributed by atoms with van der Waals surface area (Å²) in [5, 5.41) is 10.9. The van der Waals surface area contributed by atoms with Gasteiger partial charge in [-0.3, -0.25) is 0 Å². The smallest absolute Gasteiger partial charge is 0.317 e. The number of carbonyl (C=O) groups excluding carboxylic acids is 1. The molecule has 1 saturated heterocycles. The summed E-state index contributed by atoms with van der Waals surface area (Å²) in [4.78, 5) is 14.1. The highest BCUT2D eigenvalue weighted by molar-refractivity contribution is 5.74. The fourth-order valence-corrected chi connectivity index (χ4v) is 2.87. The molecule has 0 radical (unpaired) electrons. The fourth-order valence-electron chi connectivity index (χ4n) is 2.87. The molecule has 1 aliphatic rings. The minimum Gasteiger partial charge on any atom is -0.366 e. The second-order valence-electron chi connectivity index (χ2n) is 6.08. The number of amides is 2. The van der Waals surface area contributed by atoms with Gasteiger partial charge in [-0.15, -0.1) is 10.2 Å². The Morgan fingerprint density at radius 1 is 1.46 bits per heavy atom. The summed E-state index contributed by atoms with van der Waals surface area (Å²) in [6.45, 7) is 4.27. The van der Waals surface area contributed by atoms with E-state index in [9.17, 15) is 4.79 Å². The summed E-state index contributed by atoms with van der Waals surface area (Å²) < 4.78 is 7.55. The Hall–Kier alpha value is -2.41. The highest BCUT2D eigenvalue weighted by atomic mass is 16.5. The summed E-state index contributed by atoms with van der Waals surface area (Å²) in [6.07, 6.45) is 2.23. The maximum absolute atomic E-state index is 12.4. The van der Waals surface area contributed by atoms with Gasteiger partial charge in [0.2, 0.25) is 0 Å². The number of aromatic nitrogens is 3. The first-order valence-corrected chi connectivity index (χ1v) is 8.17. The molecule has 3 rings (SSSR count). The first kappa shape index (κ1) is 16.4. The van der Waals surface area contributed by atoms with Crippen LogP contribution >= 0.6 is 0 Å². The number of hydrogen-bond donors (Lipinski definition) is 1. The predicted octanol–water partition coefficient (Wildman–Crippen LogP) is 1.45. The molecule has 0 aliphatic carbocycles. The number of nitrogens with one attached hydrogen (secondary N) is 1. The lowest BCUT2D eigenvalue weighted by molar-refractivity contribution is -0.0214. The Labute approximate surface area is 141 Å². The molecule has 128 valence electrons. The molecule has 1 aliphatic heterocycles. The molecule has 2 heterocycles. The average Bonchev–Trinajstić information content (AvgIpc) is 3.01. The SMILES string of the molecule is Cc1cccc(CCNC(=O)N2CCOC(c3nncn3C)C2)c1. The van der Waals surface area contributed by atoms with Crippen LogP contribution in [-0.4, -0.2) is 51.9 Å². The van der Waals surface area contributed by atoms with Gasteiger partial charge in [0.1, 0.15) is 12.4 Å². The maximum Gasteiger partial charge on any atom is 0.317 e. The third-order valence-electron chi connectivity index (χ3n) is 4.16. The van der Waals surface area contributed by atoms with E-state index < -0.39 is 0 Å². The van der Waals surface area contributed by atoms with E-state index in [4.69, 9.17) is 4.74 Å². The van der Waals surface area contributed by atoms with E-state index >= 15 is 0 Å². The summed E-state index contributed by atoms with van der Waals surface area (Å²) >= 11 is 0. The third-order valence-corrected chi connectivity index (χ3v) is 4.16. The number of urea groups is 1. The van der Waals surface area contributed by atoms with Crippen LogP contribution in [-0.2, 0) is 18.2 Å². The highest BCUT2D eigenvalue weighted by Crippen LogP contribution is 2.19. The minimum atomic E-state index is -0.228. The zero-order valence-corrected chi connectivity index (χ0v) is 14.1. The van der Waals surface area contributed by atoms with E-state index in [-0.39, 0.29) is 12.1 Å². The molecular formula is C17H23N5O2. The van der Waals surface area contributed by atoms with Crippen molar-refractivity contribution in [3.8, 4) is 0 Å². The Balaban J connectivity index is 1.50. The summed E-state index contributed by atoms with van der Waals surface area (Å²) in [6, 6.07) is 8.28. The molecule has 1 N–H and O–H groups in total. The zero-order valence-electron chi connectivity index (χ0n) is 14.1. The molecule has 1 aromatic heterocycles. The molecule has 1 atom stereocenters. The average molecular weight is 329 g/mol. The number of benzene rings is 1. The Kier molecular flexibility index (Phi) is 5.10. The Morgan fingerprint density at radius 3 is 3.08 bits per heavy atom. The number of nitrogens with zero attached hydrogens (tertiary/aromatic N) is 4. The van der Waals surface area contributed by atoms with Gasteiger partial charge >= 0.3 is 6.03 Å². The van der Waals surface area contributed by atoms with Gasteiger partial charge < -0.3 is 19.5 Å². The van der Waals surface area contributed by atoms with Gasteiger partial charge in [0.05, 0.1) is 13.2 Å². The summed E-state index contributed by atoms with van der Waals surface area (Å²) in [7, 11) is 1.87. The summed E-state index contributed by atoms with van der Waals surface area (Å²) in [5.74, 6) is 0.743. The lowest BCUT2D eigenvalue weighted by Gasteiger charge is -2.32. The van der Waals surface area contributed by atoms with Gasteiger partial charge in [0.25, 0.3) is 0 Å². The van der Waals surface area contributed by atoms with Crippen LogP contribution in [0, 0.1) is 6.92 Å². The second kappa shape index (κ2) is 7.44. The highest BCUT2D eigenvalue weighted by Gasteiger charge is 2.28. The molecule has 2 aromatic rings. The molecule has 24 heavy (non-hydrogen) atoms. The van der Waals surface area contributed by atoms with Crippen LogP contribution in [0.1, 0.15) is 23.1 Å². The monoisotopic (exact) mass is 329 g/mol. The molecule has 7 heteroatoms. The lowest BCUT2D eigenvalue weighted by atomic mass is 10.1. The largest absolute Gasteiger partial charge is 0.366 e. The fraction of sp³-hybridized carbons (Fsp3) is 0.471. The van der Waals surface area contributed by atoms with Crippen molar-refractivity contribution in [3.63, 3.8) is 0 Å². The molecule has 0 spiro atoms. The van der Waals surface area contributed by atoms with E-state index in [1.165, 1.54) is 11.1 Å². The first-order chi connectivity index (χ1) is 11.6. The molecule has 1 aromatic carbocycles. The van der Waals surface area contributed by atoms with Crippen molar-refractivity contribution in [2.24, 2.45) is 7.05 Å². The predicted molar refractivity (Wildman–Crippen MR) is 89.6 cm³/mol. The van der Waals surface area contributed by atoms with Gasteiger partial charge in [-0.25, -0.2) is 4.79 Å². The molecule has 1 unspecified atom stereocenters. The van der Waals surface area contributed by atoms with Gasteiger partial charge in [-0.05, 0) is 18.9 Å². The number of rotatable bonds is 4. The number of morpholine rings is 1. The molecule has 0 bridgehead atoms. The van der Waals surface area contributed by atoms with Gasteiger partial charge in [0.15, 0.2) is 5.82 Å². The zero-order chi connectivity index (χ0) is 16.9. The van der Waals surface area contributed by atoms with Crippen molar-refractivity contribution in [1.82, 2.24) is 25.0 Å². The van der Waals surface area contributed by atoms with Gasteiger partial charge in [0, 0.05) is 20.1 Å². The Bertz CT molecular complexity index is 700. The number of hydrogen-bond acceptors (Lipinski definition) is 4. The molecule has 0 saturated carbocycles. The van der Waals surface area contributed by atoms with Crippen molar-refractivity contribution in [2.45, 2.75) is 19.4 Å². The first-order valence-electron chi connectivity index (χ1n) is 8.17. The van der Waals surface area contributed by atoms with Crippen molar-refractivity contribution < 1.29 is 9.53 Å². The quantitative estimate of drug-likeness (QED) is 0.921. The van der Waals surface area contributed by atoms with Gasteiger partial charge in [-0.2, -0.15) is 0 Å². The third kappa shape index (κ3) is 3.91. The lowest BCUT2D eigenvalue weighted by Crippen LogP contribution is -2.47. The van der Waals surface area contributed by atoms with E-state index in [0.29, 0.717) is 26.2 Å². The normalized spacial score (nSPS) is 17.8. The Morgan fingerprint density at radius 2 is 2.33 bits per heavy atom. The van der Waals surface area contributed by atoms with Crippen LogP contribution < -0.4 is 5.32 Å². The minimum absolute atomic E-state index is 0.0573. The molecule has 7 nitrogen and oxygen atoms in total. The molecular weight excluding hydrogens is 306 g/mol. The van der Waals surface area contributed by atoms with E-state index in [2.05, 4.69) is 40.6 Å². The second-order valence-corrected chi connectivity index (χ2v) is 6.08. The van der Waals surface area contributed by atoms with Crippen LogP contribution in [0.15, 0.2) is 30.6 Å².